The fourth-order valence-corrected chi connectivity index (χ4v) is 7.85. The molecule has 0 bridgehead atoms. The molecule has 0 heterocycles. The molecule has 0 saturated carbocycles. The van der Waals surface area contributed by atoms with Crippen molar-refractivity contribution in [2.45, 2.75) is 85.5 Å². The number of anilines is 1. The Labute approximate surface area is 373 Å². The van der Waals surface area contributed by atoms with Crippen LogP contribution >= 0.6 is 19.4 Å². The summed E-state index contributed by atoms with van der Waals surface area (Å²) in [6.07, 6.45) is -0.0359. The summed E-state index contributed by atoms with van der Waals surface area (Å²) in [6.45, 7) is 15.8. The Morgan fingerprint density at radius 2 is 1.11 bits per heavy atom. The fourth-order valence-electron chi connectivity index (χ4n) is 6.02. The molecule has 5 aromatic carbocycles. The fraction of sp³-hybridized carbons (Fsp3) is 0.383. The Hall–Kier alpha value is -5.37. The maximum absolute atomic E-state index is 14.0. The van der Waals surface area contributed by atoms with Crippen molar-refractivity contribution in [3.05, 3.63) is 107 Å². The highest BCUT2D eigenvalue weighted by Crippen LogP contribution is 2.55. The predicted molar refractivity (Wildman–Crippen MR) is 245 cm³/mol. The quantitative estimate of drug-likeness (QED) is 0.0434. The first kappa shape index (κ1) is 48.7. The van der Waals surface area contributed by atoms with E-state index in [1.807, 2.05) is 54.6 Å². The number of benzene rings is 5. The van der Waals surface area contributed by atoms with E-state index in [-0.39, 0.29) is 48.4 Å². The predicted octanol–water partition coefficient (Wildman–Crippen LogP) is 11.1. The Balaban J connectivity index is 1.26. The van der Waals surface area contributed by atoms with Crippen LogP contribution in [0.4, 0.5) is 10.5 Å². The molecule has 0 aliphatic carbocycles. The summed E-state index contributed by atoms with van der Waals surface area (Å²) in [5, 5.41) is 12.2. The van der Waals surface area contributed by atoms with Gasteiger partial charge in [-0.15, -0.1) is 0 Å². The average Bonchev–Trinajstić information content (AvgIpc) is 3.17. The highest BCUT2D eigenvalue weighted by Gasteiger charge is 2.37. The Kier molecular flexibility index (Phi) is 16.1. The van der Waals surface area contributed by atoms with Gasteiger partial charge in [0.25, 0.3) is 11.8 Å². The summed E-state index contributed by atoms with van der Waals surface area (Å²) in [7, 11) is -4.11. The minimum Gasteiger partial charge on any atom is -0.493 e. The molecule has 338 valence electrons. The van der Waals surface area contributed by atoms with Gasteiger partial charge >= 0.3 is 13.9 Å². The number of halogens is 1. The van der Waals surface area contributed by atoms with E-state index in [9.17, 15) is 18.9 Å². The number of carbonyl (C=O) groups is 3. The van der Waals surface area contributed by atoms with Gasteiger partial charge < -0.3 is 34.9 Å². The molecule has 63 heavy (non-hydrogen) atoms. The second-order valence-corrected chi connectivity index (χ2v) is 19.4. The van der Waals surface area contributed by atoms with Crippen LogP contribution in [0.25, 0.3) is 21.5 Å². The van der Waals surface area contributed by atoms with Gasteiger partial charge in [-0.25, -0.2) is 13.9 Å². The van der Waals surface area contributed by atoms with Crippen molar-refractivity contribution in [3.8, 4) is 17.2 Å². The number of rotatable bonds is 18. The molecule has 14 nitrogen and oxygen atoms in total. The lowest BCUT2D eigenvalue weighted by molar-refractivity contribution is -0.0188. The highest BCUT2D eigenvalue weighted by molar-refractivity contribution is 7.48. The zero-order valence-electron chi connectivity index (χ0n) is 37.2. The zero-order chi connectivity index (χ0) is 46.0. The third-order valence-electron chi connectivity index (χ3n) is 8.47. The van der Waals surface area contributed by atoms with Gasteiger partial charge in [0.05, 0.1) is 41.2 Å². The van der Waals surface area contributed by atoms with Gasteiger partial charge in [0.15, 0.2) is 6.79 Å². The molecule has 0 aromatic heterocycles. The molecule has 3 amide bonds. The van der Waals surface area contributed by atoms with E-state index in [1.54, 1.807) is 92.6 Å². The van der Waals surface area contributed by atoms with Crippen molar-refractivity contribution >= 4 is 64.6 Å². The minimum absolute atomic E-state index is 0.0183. The van der Waals surface area contributed by atoms with Crippen molar-refractivity contribution in [1.82, 2.24) is 10.6 Å². The van der Waals surface area contributed by atoms with Crippen molar-refractivity contribution in [2.24, 2.45) is 0 Å². The zero-order valence-corrected chi connectivity index (χ0v) is 38.9. The molecule has 16 heteroatoms. The molecule has 0 aliphatic heterocycles. The number of nitrogens with one attached hydrogen (secondary N) is 3. The Morgan fingerprint density at radius 1 is 0.587 bits per heavy atom. The number of carbonyl (C=O) groups excluding carboxylic acids is 3. The third-order valence-corrected chi connectivity index (χ3v) is 10.7. The molecule has 0 aliphatic rings. The Morgan fingerprint density at radius 3 is 1.65 bits per heavy atom. The van der Waals surface area contributed by atoms with E-state index in [0.29, 0.717) is 29.3 Å². The van der Waals surface area contributed by atoms with Crippen molar-refractivity contribution in [3.63, 3.8) is 0 Å². The van der Waals surface area contributed by atoms with Crippen LogP contribution in [0.15, 0.2) is 91.0 Å². The van der Waals surface area contributed by atoms with Crippen LogP contribution in [-0.2, 0) is 22.9 Å². The topological polar surface area (TPSA) is 169 Å². The van der Waals surface area contributed by atoms with E-state index in [1.165, 1.54) is 6.07 Å². The van der Waals surface area contributed by atoms with Crippen LogP contribution in [0, 0.1) is 0 Å². The van der Waals surface area contributed by atoms with Crippen LogP contribution < -0.4 is 30.2 Å². The molecular formula is C47H57ClN3O11P. The van der Waals surface area contributed by atoms with Gasteiger partial charge in [-0.1, -0.05) is 60.1 Å². The van der Waals surface area contributed by atoms with Crippen LogP contribution in [0.3, 0.4) is 0 Å². The number of phosphoric ester groups is 1. The first-order chi connectivity index (χ1) is 29.6. The first-order valence-corrected chi connectivity index (χ1v) is 22.4. The Bertz CT molecular complexity index is 2440. The molecule has 0 saturated heterocycles. The summed E-state index contributed by atoms with van der Waals surface area (Å²) in [5.41, 5.74) is -1.54. The molecule has 0 atom stereocenters. The minimum atomic E-state index is -4.11. The van der Waals surface area contributed by atoms with Gasteiger partial charge in [0, 0.05) is 17.6 Å². The van der Waals surface area contributed by atoms with Crippen LogP contribution in [0.2, 0.25) is 5.02 Å². The highest BCUT2D eigenvalue weighted by atomic mass is 35.5. The summed E-state index contributed by atoms with van der Waals surface area (Å²) >= 11 is 6.32. The van der Waals surface area contributed by atoms with Crippen LogP contribution in [0.5, 0.6) is 17.2 Å². The summed E-state index contributed by atoms with van der Waals surface area (Å²) in [5.74, 6) is -0.109. The summed E-state index contributed by atoms with van der Waals surface area (Å²) in [4.78, 5) is 39.7. The lowest BCUT2D eigenvalue weighted by Crippen LogP contribution is -2.33. The number of hydrogen-bond acceptors (Lipinski definition) is 11. The van der Waals surface area contributed by atoms with Crippen LogP contribution in [-0.4, -0.2) is 67.8 Å². The molecule has 0 spiro atoms. The molecule has 0 radical (unpaired) electrons. The summed E-state index contributed by atoms with van der Waals surface area (Å²) < 4.78 is 53.9. The van der Waals surface area contributed by atoms with Gasteiger partial charge in [-0.05, 0) is 127 Å². The number of ether oxygens (including phenoxy) is 4. The molecule has 5 aromatic rings. The second-order valence-electron chi connectivity index (χ2n) is 17.5. The van der Waals surface area contributed by atoms with E-state index >= 15 is 0 Å². The number of fused-ring (bicyclic) bond motifs is 2. The summed E-state index contributed by atoms with van der Waals surface area (Å²) in [6, 6.07) is 26.8. The maximum Gasteiger partial charge on any atom is 0.478 e. The van der Waals surface area contributed by atoms with Crippen LogP contribution in [0.1, 0.15) is 89.5 Å². The van der Waals surface area contributed by atoms with E-state index < -0.39 is 43.4 Å². The van der Waals surface area contributed by atoms with Gasteiger partial charge in [-0.2, -0.15) is 0 Å². The number of alkyl carbamates (subject to hydrolysis) is 1. The van der Waals surface area contributed by atoms with Crippen molar-refractivity contribution < 1.29 is 51.5 Å². The van der Waals surface area contributed by atoms with E-state index in [4.69, 9.17) is 44.1 Å². The smallest absolute Gasteiger partial charge is 0.478 e. The SMILES string of the molecule is CC(C)(C)OC(=O)NCCCOc1cc2ccccc2cc1C(=O)NCCOc1cc2ccccc2cc1C(=O)Nc1ccc(Cl)cc1OCOP(=O)(OC(C)(C)C)OC(C)(C)C. The van der Waals surface area contributed by atoms with Gasteiger partial charge in [0.1, 0.15) is 29.5 Å². The van der Waals surface area contributed by atoms with E-state index in [2.05, 4.69) is 16.0 Å². The lowest BCUT2D eigenvalue weighted by Gasteiger charge is -2.30. The maximum atomic E-state index is 14.0. The first-order valence-electron chi connectivity index (χ1n) is 20.5. The molecule has 3 N–H and O–H groups in total. The number of hydrogen-bond donors (Lipinski definition) is 3. The molecule has 5 rings (SSSR count). The molecule has 0 fully saturated rings. The monoisotopic (exact) mass is 905 g/mol. The van der Waals surface area contributed by atoms with Crippen molar-refractivity contribution in [1.29, 1.82) is 0 Å². The second kappa shape index (κ2) is 20.9. The molecule has 0 unspecified atom stereocenters. The van der Waals surface area contributed by atoms with Gasteiger partial charge in [-0.3, -0.25) is 18.6 Å². The lowest BCUT2D eigenvalue weighted by atomic mass is 10.0. The normalized spacial score (nSPS) is 12.2. The number of amides is 3. The number of phosphoric acid groups is 1. The standard InChI is InChI=1S/C47H57ClN3O11P/c1-45(2,3)60-44(54)50-21-14-23-56-39-27-33-17-12-10-15-31(33)25-36(39)42(52)49-22-24-57-40-28-34-18-13-11-16-32(34)26-37(40)43(53)51-38-20-19-35(48)29-41(38)58-30-59-63(55,61-46(4,5)6)62-47(7,8)9/h10-13,15-20,25-29H,14,21-24,30H2,1-9H3,(H,49,52)(H,50,54)(H,51,53). The largest absolute Gasteiger partial charge is 0.493 e. The van der Waals surface area contributed by atoms with E-state index in [0.717, 1.165) is 21.5 Å². The average molecular weight is 906 g/mol. The molecular weight excluding hydrogens is 849 g/mol. The van der Waals surface area contributed by atoms with Crippen molar-refractivity contribution in [2.75, 3.05) is 38.4 Å². The van der Waals surface area contributed by atoms with Gasteiger partial charge in [0.2, 0.25) is 0 Å². The third kappa shape index (κ3) is 15.4.